The molecule has 1 aliphatic rings. The van der Waals surface area contributed by atoms with E-state index in [1.165, 1.54) is 4.90 Å². The fourth-order valence-electron chi connectivity index (χ4n) is 2.23. The second-order valence-corrected chi connectivity index (χ2v) is 5.05. The molecule has 2 atom stereocenters. The maximum Gasteiger partial charge on any atom is 0.260 e. The molecule has 0 bridgehead atoms. The summed E-state index contributed by atoms with van der Waals surface area (Å²) < 4.78 is 5.46. The Balaban J connectivity index is 1.90. The SMILES string of the molecule is Cc1cc(C)cc(OCC(=O)N2C[C@@H](O)[C@@H](O)C2)c1. The third kappa shape index (κ3) is 3.45. The maximum absolute atomic E-state index is 11.9. The summed E-state index contributed by atoms with van der Waals surface area (Å²) in [6, 6.07) is 5.77. The van der Waals surface area contributed by atoms with Gasteiger partial charge in [-0.1, -0.05) is 6.07 Å². The minimum absolute atomic E-state index is 0.0810. The zero-order valence-corrected chi connectivity index (χ0v) is 11.2. The molecule has 1 amide bonds. The second kappa shape index (κ2) is 5.59. The molecule has 0 saturated carbocycles. The predicted molar refractivity (Wildman–Crippen MR) is 70.0 cm³/mol. The van der Waals surface area contributed by atoms with Crippen LogP contribution in [0.25, 0.3) is 0 Å². The smallest absolute Gasteiger partial charge is 0.260 e. The number of nitrogens with zero attached hydrogens (tertiary/aromatic N) is 1. The predicted octanol–water partition coefficient (Wildman–Crippen LogP) is 0.246. The zero-order valence-electron chi connectivity index (χ0n) is 11.2. The number of likely N-dealkylation sites (tertiary alicyclic amines) is 1. The lowest BCUT2D eigenvalue weighted by atomic mass is 10.1. The summed E-state index contributed by atoms with van der Waals surface area (Å²) in [4.78, 5) is 13.3. The van der Waals surface area contributed by atoms with Crippen LogP contribution in [0.1, 0.15) is 11.1 Å². The van der Waals surface area contributed by atoms with Crippen LogP contribution in [0.15, 0.2) is 18.2 Å². The fraction of sp³-hybridized carbons (Fsp3) is 0.500. The molecular weight excluding hydrogens is 246 g/mol. The monoisotopic (exact) mass is 265 g/mol. The van der Waals surface area contributed by atoms with Crippen molar-refractivity contribution < 1.29 is 19.7 Å². The molecule has 0 unspecified atom stereocenters. The Bertz CT molecular complexity index is 444. The first-order valence-electron chi connectivity index (χ1n) is 6.30. The maximum atomic E-state index is 11.9. The topological polar surface area (TPSA) is 70.0 Å². The van der Waals surface area contributed by atoms with Crippen molar-refractivity contribution in [2.75, 3.05) is 19.7 Å². The average Bonchev–Trinajstić information content (AvgIpc) is 2.65. The van der Waals surface area contributed by atoms with Crippen LogP contribution < -0.4 is 4.74 Å². The molecule has 19 heavy (non-hydrogen) atoms. The molecule has 104 valence electrons. The lowest BCUT2D eigenvalue weighted by Gasteiger charge is -2.16. The summed E-state index contributed by atoms with van der Waals surface area (Å²) in [7, 11) is 0. The lowest BCUT2D eigenvalue weighted by Crippen LogP contribution is -2.33. The number of amides is 1. The minimum Gasteiger partial charge on any atom is -0.484 e. The molecule has 1 aliphatic heterocycles. The van der Waals surface area contributed by atoms with E-state index in [-0.39, 0.29) is 25.6 Å². The van der Waals surface area contributed by atoms with Gasteiger partial charge in [0, 0.05) is 13.1 Å². The van der Waals surface area contributed by atoms with Crippen molar-refractivity contribution >= 4 is 5.91 Å². The van der Waals surface area contributed by atoms with Crippen molar-refractivity contribution in [1.82, 2.24) is 4.90 Å². The first-order valence-corrected chi connectivity index (χ1v) is 6.30. The standard InChI is InChI=1S/C14H19NO4/c1-9-3-10(2)5-11(4-9)19-8-14(18)15-6-12(16)13(17)7-15/h3-5,12-13,16-17H,6-8H2,1-2H3/t12-,13+. The molecule has 1 aromatic rings. The van der Waals surface area contributed by atoms with E-state index >= 15 is 0 Å². The van der Waals surface area contributed by atoms with Crippen LogP contribution >= 0.6 is 0 Å². The first kappa shape index (κ1) is 13.8. The van der Waals surface area contributed by atoms with Gasteiger partial charge in [-0.2, -0.15) is 0 Å². The van der Waals surface area contributed by atoms with Crippen LogP contribution in [-0.2, 0) is 4.79 Å². The summed E-state index contributed by atoms with van der Waals surface area (Å²) in [6.45, 7) is 4.18. The molecule has 0 aromatic heterocycles. The molecule has 0 spiro atoms. The largest absolute Gasteiger partial charge is 0.484 e. The van der Waals surface area contributed by atoms with Gasteiger partial charge >= 0.3 is 0 Å². The number of carbonyl (C=O) groups is 1. The number of rotatable bonds is 3. The van der Waals surface area contributed by atoms with E-state index in [0.29, 0.717) is 5.75 Å². The van der Waals surface area contributed by atoms with E-state index in [1.54, 1.807) is 0 Å². The molecule has 1 aromatic carbocycles. The van der Waals surface area contributed by atoms with Crippen LogP contribution in [0.2, 0.25) is 0 Å². The van der Waals surface area contributed by atoms with Crippen LogP contribution in [0.4, 0.5) is 0 Å². The molecule has 0 aliphatic carbocycles. The molecule has 5 heteroatoms. The van der Waals surface area contributed by atoms with E-state index in [2.05, 4.69) is 0 Å². The van der Waals surface area contributed by atoms with E-state index in [9.17, 15) is 15.0 Å². The lowest BCUT2D eigenvalue weighted by molar-refractivity contribution is -0.132. The summed E-state index contributed by atoms with van der Waals surface area (Å²) in [5.74, 6) is 0.431. The number of aryl methyl sites for hydroxylation is 2. The van der Waals surface area contributed by atoms with Crippen LogP contribution in [-0.4, -0.2) is 52.9 Å². The highest BCUT2D eigenvalue weighted by atomic mass is 16.5. The van der Waals surface area contributed by atoms with E-state index < -0.39 is 12.2 Å². The molecule has 2 rings (SSSR count). The van der Waals surface area contributed by atoms with Crippen LogP contribution in [0.5, 0.6) is 5.75 Å². The van der Waals surface area contributed by atoms with Crippen LogP contribution in [0.3, 0.4) is 0 Å². The number of hydrogen-bond donors (Lipinski definition) is 2. The molecule has 1 heterocycles. The highest BCUT2D eigenvalue weighted by molar-refractivity contribution is 5.78. The normalized spacial score (nSPS) is 22.6. The van der Waals surface area contributed by atoms with Gasteiger partial charge in [-0.3, -0.25) is 4.79 Å². The molecule has 2 N–H and O–H groups in total. The van der Waals surface area contributed by atoms with Crippen molar-refractivity contribution in [2.24, 2.45) is 0 Å². The minimum atomic E-state index is -0.856. The Hall–Kier alpha value is -1.59. The first-order chi connectivity index (χ1) is 8.95. The molecular formula is C14H19NO4. The summed E-state index contributed by atoms with van der Waals surface area (Å²) in [5, 5.41) is 18.8. The van der Waals surface area contributed by atoms with E-state index in [1.807, 2.05) is 32.0 Å². The van der Waals surface area contributed by atoms with Gasteiger partial charge in [0.15, 0.2) is 6.61 Å². The molecule has 0 radical (unpaired) electrons. The Labute approximate surface area is 112 Å². The van der Waals surface area contributed by atoms with Gasteiger partial charge in [0.2, 0.25) is 0 Å². The van der Waals surface area contributed by atoms with Gasteiger partial charge in [-0.15, -0.1) is 0 Å². The number of carbonyl (C=O) groups excluding carboxylic acids is 1. The number of aliphatic hydroxyl groups excluding tert-OH is 2. The van der Waals surface area contributed by atoms with Crippen molar-refractivity contribution in [3.8, 4) is 5.75 Å². The Morgan fingerprint density at radius 3 is 2.26 bits per heavy atom. The van der Waals surface area contributed by atoms with E-state index in [0.717, 1.165) is 11.1 Å². The summed E-state index contributed by atoms with van der Waals surface area (Å²) >= 11 is 0. The third-order valence-corrected chi connectivity index (χ3v) is 3.17. The number of β-amino-alcohol motifs (C(OH)–C–C–N with tert-alkyl or cyclic N) is 2. The van der Waals surface area contributed by atoms with Crippen molar-refractivity contribution in [1.29, 1.82) is 0 Å². The number of aliphatic hydroxyl groups is 2. The average molecular weight is 265 g/mol. The zero-order chi connectivity index (χ0) is 14.0. The van der Waals surface area contributed by atoms with Crippen molar-refractivity contribution in [2.45, 2.75) is 26.1 Å². The van der Waals surface area contributed by atoms with Gasteiger partial charge in [-0.25, -0.2) is 0 Å². The third-order valence-electron chi connectivity index (χ3n) is 3.17. The Morgan fingerprint density at radius 2 is 1.74 bits per heavy atom. The van der Waals surface area contributed by atoms with Crippen molar-refractivity contribution in [3.05, 3.63) is 29.3 Å². The molecule has 1 fully saturated rings. The van der Waals surface area contributed by atoms with Gasteiger partial charge in [-0.05, 0) is 37.1 Å². The highest BCUT2D eigenvalue weighted by Crippen LogP contribution is 2.17. The Kier molecular flexibility index (Phi) is 4.07. The quantitative estimate of drug-likeness (QED) is 0.821. The fourth-order valence-corrected chi connectivity index (χ4v) is 2.23. The highest BCUT2D eigenvalue weighted by Gasteiger charge is 2.32. The van der Waals surface area contributed by atoms with Gasteiger partial charge < -0.3 is 19.8 Å². The number of ether oxygens (including phenoxy) is 1. The van der Waals surface area contributed by atoms with Crippen LogP contribution in [0, 0.1) is 13.8 Å². The van der Waals surface area contributed by atoms with E-state index in [4.69, 9.17) is 4.74 Å². The molecule has 5 nitrogen and oxygen atoms in total. The number of benzene rings is 1. The van der Waals surface area contributed by atoms with Gasteiger partial charge in [0.05, 0.1) is 12.2 Å². The van der Waals surface area contributed by atoms with Gasteiger partial charge in [0.25, 0.3) is 5.91 Å². The van der Waals surface area contributed by atoms with Gasteiger partial charge in [0.1, 0.15) is 5.75 Å². The summed E-state index contributed by atoms with van der Waals surface area (Å²) in [5.41, 5.74) is 2.16. The Morgan fingerprint density at radius 1 is 1.21 bits per heavy atom. The van der Waals surface area contributed by atoms with Crippen molar-refractivity contribution in [3.63, 3.8) is 0 Å². The summed E-state index contributed by atoms with van der Waals surface area (Å²) in [6.07, 6.45) is -1.71. The molecule has 1 saturated heterocycles. The number of hydrogen-bond acceptors (Lipinski definition) is 4. The second-order valence-electron chi connectivity index (χ2n) is 5.05.